The highest BCUT2D eigenvalue weighted by Gasteiger charge is 2.14. The molecule has 0 radical (unpaired) electrons. The van der Waals surface area contributed by atoms with Gasteiger partial charge in [-0.15, -0.1) is 11.3 Å². The van der Waals surface area contributed by atoms with Crippen LogP contribution in [0, 0.1) is 13.8 Å². The first-order valence-electron chi connectivity index (χ1n) is 6.69. The second kappa shape index (κ2) is 5.21. The Labute approximate surface area is 122 Å². The molecular formula is C16H17N3S. The zero-order valence-electron chi connectivity index (χ0n) is 11.8. The molecule has 1 atom stereocenters. The van der Waals surface area contributed by atoms with Crippen molar-refractivity contribution in [3.8, 4) is 0 Å². The van der Waals surface area contributed by atoms with E-state index in [1.807, 2.05) is 19.2 Å². The van der Waals surface area contributed by atoms with Crippen LogP contribution in [-0.4, -0.2) is 9.97 Å². The predicted octanol–water partition coefficient (Wildman–Crippen LogP) is 4.48. The number of rotatable bonds is 3. The van der Waals surface area contributed by atoms with Gasteiger partial charge in [0.25, 0.3) is 0 Å². The molecule has 102 valence electrons. The molecule has 4 heteroatoms. The summed E-state index contributed by atoms with van der Waals surface area (Å²) in [5, 5.41) is 5.80. The van der Waals surface area contributed by atoms with Gasteiger partial charge in [0.15, 0.2) is 0 Å². The molecule has 3 aromatic rings. The number of hydrogen-bond acceptors (Lipinski definition) is 4. The van der Waals surface area contributed by atoms with Gasteiger partial charge in [0.2, 0.25) is 0 Å². The van der Waals surface area contributed by atoms with Gasteiger partial charge >= 0.3 is 0 Å². The van der Waals surface area contributed by atoms with Crippen molar-refractivity contribution in [3.63, 3.8) is 0 Å². The van der Waals surface area contributed by atoms with Crippen LogP contribution in [0.1, 0.15) is 28.5 Å². The van der Waals surface area contributed by atoms with Crippen LogP contribution in [0.4, 0.5) is 5.69 Å². The second-order valence-electron chi connectivity index (χ2n) is 4.92. The van der Waals surface area contributed by atoms with Crippen LogP contribution < -0.4 is 5.32 Å². The summed E-state index contributed by atoms with van der Waals surface area (Å²) in [6.45, 7) is 6.32. The lowest BCUT2D eigenvalue weighted by atomic mass is 10.1. The smallest absolute Gasteiger partial charge is 0.0933 e. The maximum absolute atomic E-state index is 4.62. The van der Waals surface area contributed by atoms with Gasteiger partial charge in [-0.2, -0.15) is 0 Å². The van der Waals surface area contributed by atoms with Crippen molar-refractivity contribution < 1.29 is 0 Å². The summed E-state index contributed by atoms with van der Waals surface area (Å²) in [6, 6.07) is 10.4. The molecule has 1 N–H and O–H groups in total. The van der Waals surface area contributed by atoms with Crippen LogP contribution in [0.25, 0.3) is 10.9 Å². The summed E-state index contributed by atoms with van der Waals surface area (Å²) < 4.78 is 0. The number of fused-ring (bicyclic) bond motifs is 1. The molecule has 0 saturated heterocycles. The fraction of sp³-hybridized carbons (Fsp3) is 0.250. The van der Waals surface area contributed by atoms with Crippen molar-refractivity contribution in [3.05, 3.63) is 52.1 Å². The third-order valence-electron chi connectivity index (χ3n) is 3.35. The molecule has 1 unspecified atom stereocenters. The van der Waals surface area contributed by atoms with E-state index < -0.39 is 0 Å². The van der Waals surface area contributed by atoms with Gasteiger partial charge in [-0.25, -0.2) is 4.98 Å². The molecule has 3 nitrogen and oxygen atoms in total. The molecule has 0 aliphatic carbocycles. The van der Waals surface area contributed by atoms with Crippen molar-refractivity contribution in [2.75, 3.05) is 5.32 Å². The van der Waals surface area contributed by atoms with Crippen molar-refractivity contribution in [1.29, 1.82) is 0 Å². The molecular weight excluding hydrogens is 266 g/mol. The standard InChI is InChI=1S/C16H17N3S/c1-10(15-11(2)20-12(3)19-15)18-14-8-4-6-13-7-5-9-17-16(13)14/h4-10,18H,1-3H3. The van der Waals surface area contributed by atoms with Crippen LogP contribution in [0.15, 0.2) is 36.5 Å². The van der Waals surface area contributed by atoms with Gasteiger partial charge < -0.3 is 5.32 Å². The summed E-state index contributed by atoms with van der Waals surface area (Å²) >= 11 is 1.74. The van der Waals surface area contributed by atoms with Gasteiger partial charge in [-0.05, 0) is 32.9 Å². The van der Waals surface area contributed by atoms with Crippen LogP contribution in [0.3, 0.4) is 0 Å². The SMILES string of the molecule is Cc1nc(C(C)Nc2cccc3cccnc23)c(C)s1. The number of anilines is 1. The highest BCUT2D eigenvalue weighted by molar-refractivity contribution is 7.11. The van der Waals surface area contributed by atoms with E-state index in [-0.39, 0.29) is 6.04 Å². The Kier molecular flexibility index (Phi) is 3.40. The molecule has 0 spiro atoms. The summed E-state index contributed by atoms with van der Waals surface area (Å²) in [5.74, 6) is 0. The maximum atomic E-state index is 4.62. The molecule has 0 saturated carbocycles. The Morgan fingerprint density at radius 2 is 1.95 bits per heavy atom. The lowest BCUT2D eigenvalue weighted by Crippen LogP contribution is -2.08. The van der Waals surface area contributed by atoms with Gasteiger partial charge in [0.1, 0.15) is 0 Å². The number of thiazole rings is 1. The number of nitrogens with zero attached hydrogens (tertiary/aromatic N) is 2. The first-order chi connectivity index (χ1) is 9.65. The Morgan fingerprint density at radius 3 is 2.70 bits per heavy atom. The molecule has 0 fully saturated rings. The van der Waals surface area contributed by atoms with Crippen molar-refractivity contribution in [1.82, 2.24) is 9.97 Å². The molecule has 0 aliphatic rings. The van der Waals surface area contributed by atoms with Crippen molar-refractivity contribution in [2.24, 2.45) is 0 Å². The summed E-state index contributed by atoms with van der Waals surface area (Å²) in [6.07, 6.45) is 1.83. The molecule has 3 rings (SSSR count). The molecule has 2 heterocycles. The van der Waals surface area contributed by atoms with Gasteiger partial charge in [-0.1, -0.05) is 18.2 Å². The lowest BCUT2D eigenvalue weighted by molar-refractivity contribution is 0.838. The summed E-state index contributed by atoms with van der Waals surface area (Å²) in [7, 11) is 0. The largest absolute Gasteiger partial charge is 0.375 e. The average Bonchev–Trinajstić information content (AvgIpc) is 2.78. The molecule has 0 aliphatic heterocycles. The first kappa shape index (κ1) is 13.1. The maximum Gasteiger partial charge on any atom is 0.0933 e. The minimum atomic E-state index is 0.174. The summed E-state index contributed by atoms with van der Waals surface area (Å²) in [4.78, 5) is 10.4. The normalized spacial score (nSPS) is 12.6. The number of hydrogen-bond donors (Lipinski definition) is 1. The van der Waals surface area contributed by atoms with Crippen LogP contribution in [-0.2, 0) is 0 Å². The fourth-order valence-corrected chi connectivity index (χ4v) is 3.38. The van der Waals surface area contributed by atoms with Gasteiger partial charge in [0.05, 0.1) is 27.9 Å². The van der Waals surface area contributed by atoms with E-state index in [0.29, 0.717) is 0 Å². The van der Waals surface area contributed by atoms with Gasteiger partial charge in [-0.3, -0.25) is 4.98 Å². The van der Waals surface area contributed by atoms with Crippen LogP contribution >= 0.6 is 11.3 Å². The minimum absolute atomic E-state index is 0.174. The number of nitrogens with one attached hydrogen (secondary N) is 1. The monoisotopic (exact) mass is 283 g/mol. The molecule has 20 heavy (non-hydrogen) atoms. The highest BCUT2D eigenvalue weighted by atomic mass is 32.1. The van der Waals surface area contributed by atoms with E-state index in [0.717, 1.165) is 27.3 Å². The number of benzene rings is 1. The third-order valence-corrected chi connectivity index (χ3v) is 4.26. The molecule has 2 aromatic heterocycles. The Morgan fingerprint density at radius 1 is 1.15 bits per heavy atom. The Balaban J connectivity index is 1.95. The highest BCUT2D eigenvalue weighted by Crippen LogP contribution is 2.28. The third kappa shape index (κ3) is 2.39. The van der Waals surface area contributed by atoms with Crippen molar-refractivity contribution >= 4 is 27.9 Å². The van der Waals surface area contributed by atoms with Crippen LogP contribution in [0.5, 0.6) is 0 Å². The average molecular weight is 283 g/mol. The van der Waals surface area contributed by atoms with Crippen LogP contribution in [0.2, 0.25) is 0 Å². The summed E-state index contributed by atoms with van der Waals surface area (Å²) in [5.41, 5.74) is 3.19. The van der Waals surface area contributed by atoms with E-state index in [9.17, 15) is 0 Å². The Hall–Kier alpha value is -1.94. The van der Waals surface area contributed by atoms with E-state index in [4.69, 9.17) is 0 Å². The topological polar surface area (TPSA) is 37.8 Å². The minimum Gasteiger partial charge on any atom is -0.375 e. The van der Waals surface area contributed by atoms with Gasteiger partial charge in [0, 0.05) is 16.5 Å². The number of aromatic nitrogens is 2. The van der Waals surface area contributed by atoms with Crippen molar-refractivity contribution in [2.45, 2.75) is 26.8 Å². The predicted molar refractivity (Wildman–Crippen MR) is 85.4 cm³/mol. The number of pyridine rings is 1. The lowest BCUT2D eigenvalue weighted by Gasteiger charge is -2.15. The van der Waals surface area contributed by atoms with E-state index in [1.54, 1.807) is 11.3 Å². The first-order valence-corrected chi connectivity index (χ1v) is 7.51. The molecule has 0 amide bonds. The number of para-hydroxylation sites is 1. The zero-order valence-corrected chi connectivity index (χ0v) is 12.7. The quantitative estimate of drug-likeness (QED) is 0.770. The number of aryl methyl sites for hydroxylation is 2. The second-order valence-corrected chi connectivity index (χ2v) is 6.33. The molecule has 0 bridgehead atoms. The molecule has 1 aromatic carbocycles. The Bertz CT molecular complexity index is 743. The van der Waals surface area contributed by atoms with E-state index in [1.165, 1.54) is 4.88 Å². The fourth-order valence-electron chi connectivity index (χ4n) is 2.47. The van der Waals surface area contributed by atoms with E-state index in [2.05, 4.69) is 53.4 Å². The van der Waals surface area contributed by atoms with E-state index >= 15 is 0 Å². The zero-order chi connectivity index (χ0) is 14.1.